The molecule has 2 heterocycles. The van der Waals surface area contributed by atoms with Gasteiger partial charge in [-0.3, -0.25) is 19.1 Å². The molecule has 3 aromatic rings. The monoisotopic (exact) mass is 446 g/mol. The molecule has 1 aliphatic heterocycles. The van der Waals surface area contributed by atoms with Gasteiger partial charge in [0.1, 0.15) is 18.1 Å². The maximum absolute atomic E-state index is 13.5. The van der Waals surface area contributed by atoms with Gasteiger partial charge >= 0.3 is 0 Å². The summed E-state index contributed by atoms with van der Waals surface area (Å²) in [5, 5.41) is 2.86. The smallest absolute Gasteiger partial charge is 0.258 e. The lowest BCUT2D eigenvalue weighted by atomic mass is 10.0. The first-order chi connectivity index (χ1) is 15.9. The van der Waals surface area contributed by atoms with Crippen LogP contribution in [-0.4, -0.2) is 34.0 Å². The molecule has 1 aliphatic rings. The maximum atomic E-state index is 13.5. The number of methoxy groups -OCH3 is 1. The lowest BCUT2D eigenvalue weighted by Gasteiger charge is -2.29. The summed E-state index contributed by atoms with van der Waals surface area (Å²) in [5.41, 5.74) is 3.30. The van der Waals surface area contributed by atoms with Crippen LogP contribution in [0.4, 0.5) is 5.69 Å². The number of amides is 1. The molecule has 1 amide bonds. The molecule has 0 radical (unpaired) electrons. The second kappa shape index (κ2) is 10.0. The van der Waals surface area contributed by atoms with E-state index in [2.05, 4.69) is 22.3 Å². The van der Waals surface area contributed by atoms with Crippen molar-refractivity contribution in [3.63, 3.8) is 0 Å². The number of nitrogens with one attached hydrogen (secondary N) is 1. The van der Waals surface area contributed by atoms with Crippen molar-refractivity contribution < 1.29 is 9.53 Å². The van der Waals surface area contributed by atoms with Crippen molar-refractivity contribution in [2.75, 3.05) is 19.0 Å². The van der Waals surface area contributed by atoms with Gasteiger partial charge in [-0.05, 0) is 29.8 Å². The highest BCUT2D eigenvalue weighted by Gasteiger charge is 2.25. The number of rotatable bonds is 7. The van der Waals surface area contributed by atoms with Gasteiger partial charge in [0, 0.05) is 37.7 Å². The van der Waals surface area contributed by atoms with Crippen LogP contribution in [-0.2, 0) is 30.8 Å². The van der Waals surface area contributed by atoms with E-state index in [1.165, 1.54) is 10.1 Å². The number of anilines is 1. The van der Waals surface area contributed by atoms with E-state index in [-0.39, 0.29) is 23.9 Å². The van der Waals surface area contributed by atoms with Crippen molar-refractivity contribution in [3.05, 3.63) is 87.6 Å². The van der Waals surface area contributed by atoms with Gasteiger partial charge in [0.25, 0.3) is 5.56 Å². The summed E-state index contributed by atoms with van der Waals surface area (Å²) in [6.45, 7) is 6.09. The van der Waals surface area contributed by atoms with E-state index in [0.29, 0.717) is 29.4 Å². The number of benzene rings is 2. The van der Waals surface area contributed by atoms with Crippen molar-refractivity contribution in [3.8, 4) is 5.75 Å². The number of carbonyl (C=O) groups is 1. The molecule has 33 heavy (non-hydrogen) atoms. The van der Waals surface area contributed by atoms with E-state index < -0.39 is 0 Å². The third-order valence-electron chi connectivity index (χ3n) is 5.87. The van der Waals surface area contributed by atoms with Crippen LogP contribution in [0.2, 0.25) is 0 Å². The van der Waals surface area contributed by atoms with Crippen LogP contribution in [0.5, 0.6) is 5.75 Å². The van der Waals surface area contributed by atoms with E-state index in [0.717, 1.165) is 25.2 Å². The molecule has 0 unspecified atom stereocenters. The van der Waals surface area contributed by atoms with Gasteiger partial charge < -0.3 is 10.1 Å². The van der Waals surface area contributed by atoms with Crippen LogP contribution >= 0.6 is 0 Å². The van der Waals surface area contributed by atoms with Gasteiger partial charge in [0.05, 0.1) is 18.4 Å². The van der Waals surface area contributed by atoms with Gasteiger partial charge in [-0.2, -0.15) is 0 Å². The zero-order valence-corrected chi connectivity index (χ0v) is 19.4. The molecule has 0 saturated heterocycles. The second-order valence-electron chi connectivity index (χ2n) is 8.66. The molecular weight excluding hydrogens is 416 g/mol. The quantitative estimate of drug-likeness (QED) is 0.600. The van der Waals surface area contributed by atoms with Crippen molar-refractivity contribution in [2.45, 2.75) is 45.8 Å². The molecule has 0 fully saturated rings. The fourth-order valence-electron chi connectivity index (χ4n) is 4.18. The van der Waals surface area contributed by atoms with Crippen molar-refractivity contribution in [1.82, 2.24) is 14.5 Å². The Hall–Kier alpha value is -3.45. The van der Waals surface area contributed by atoms with Crippen LogP contribution in [0.25, 0.3) is 0 Å². The average Bonchev–Trinajstić information content (AvgIpc) is 2.82. The summed E-state index contributed by atoms with van der Waals surface area (Å²) in [7, 11) is 1.59. The first-order valence-electron chi connectivity index (χ1n) is 11.3. The Bertz CT molecular complexity index is 1170. The molecule has 172 valence electrons. The third kappa shape index (κ3) is 5.31. The molecule has 0 bridgehead atoms. The molecule has 0 aliphatic carbocycles. The maximum Gasteiger partial charge on any atom is 0.258 e. The Morgan fingerprint density at radius 1 is 1.12 bits per heavy atom. The Labute approximate surface area is 194 Å². The zero-order valence-electron chi connectivity index (χ0n) is 19.4. The fourth-order valence-corrected chi connectivity index (χ4v) is 4.18. The summed E-state index contributed by atoms with van der Waals surface area (Å²) in [5.74, 6) is 1.13. The van der Waals surface area contributed by atoms with Crippen LogP contribution in [0.1, 0.15) is 42.4 Å². The molecule has 7 heteroatoms. The standard InChI is InChI=1S/C26H30N4O3/c1-18(2)25-28-23-13-14-29(15-19-7-5-4-6-8-19)16-22(23)26(32)30(25)17-24(31)27-20-9-11-21(33-3)12-10-20/h4-12,18H,13-17H2,1-3H3,(H,27,31). The van der Waals surface area contributed by atoms with Crippen molar-refractivity contribution >= 4 is 11.6 Å². The predicted molar refractivity (Wildman–Crippen MR) is 128 cm³/mol. The Kier molecular flexibility index (Phi) is 6.89. The summed E-state index contributed by atoms with van der Waals surface area (Å²) in [4.78, 5) is 33.4. The Morgan fingerprint density at radius 2 is 1.85 bits per heavy atom. The van der Waals surface area contributed by atoms with Gasteiger partial charge in [0.2, 0.25) is 5.91 Å². The van der Waals surface area contributed by atoms with Gasteiger partial charge in [-0.25, -0.2) is 4.98 Å². The van der Waals surface area contributed by atoms with Crippen LogP contribution < -0.4 is 15.6 Å². The number of nitrogens with zero attached hydrogens (tertiary/aromatic N) is 3. The minimum Gasteiger partial charge on any atom is -0.497 e. The van der Waals surface area contributed by atoms with Crippen molar-refractivity contribution in [1.29, 1.82) is 0 Å². The number of carbonyl (C=O) groups excluding carboxylic acids is 1. The van der Waals surface area contributed by atoms with E-state index in [1.807, 2.05) is 32.0 Å². The normalized spacial score (nSPS) is 13.6. The molecule has 4 rings (SSSR count). The first-order valence-corrected chi connectivity index (χ1v) is 11.3. The Morgan fingerprint density at radius 3 is 2.52 bits per heavy atom. The largest absolute Gasteiger partial charge is 0.497 e. The first kappa shape index (κ1) is 22.7. The topological polar surface area (TPSA) is 76.5 Å². The molecule has 7 nitrogen and oxygen atoms in total. The number of hydrogen-bond donors (Lipinski definition) is 1. The number of fused-ring (bicyclic) bond motifs is 1. The second-order valence-corrected chi connectivity index (χ2v) is 8.66. The lowest BCUT2D eigenvalue weighted by molar-refractivity contribution is -0.116. The van der Waals surface area contributed by atoms with E-state index >= 15 is 0 Å². The highest BCUT2D eigenvalue weighted by molar-refractivity contribution is 5.90. The molecule has 0 atom stereocenters. The summed E-state index contributed by atoms with van der Waals surface area (Å²) < 4.78 is 6.69. The molecule has 1 aromatic heterocycles. The van der Waals surface area contributed by atoms with E-state index in [4.69, 9.17) is 9.72 Å². The van der Waals surface area contributed by atoms with E-state index in [1.54, 1.807) is 31.4 Å². The summed E-state index contributed by atoms with van der Waals surface area (Å²) in [6, 6.07) is 17.4. The molecular formula is C26H30N4O3. The van der Waals surface area contributed by atoms with Gasteiger partial charge in [-0.15, -0.1) is 0 Å². The SMILES string of the molecule is COc1ccc(NC(=O)Cn2c(C(C)C)nc3c(c2=O)CN(Cc2ccccc2)CC3)cc1. The van der Waals surface area contributed by atoms with Gasteiger partial charge in [0.15, 0.2) is 0 Å². The zero-order chi connectivity index (χ0) is 23.4. The highest BCUT2D eigenvalue weighted by atomic mass is 16.5. The molecule has 0 spiro atoms. The molecule has 1 N–H and O–H groups in total. The summed E-state index contributed by atoms with van der Waals surface area (Å²) >= 11 is 0. The third-order valence-corrected chi connectivity index (χ3v) is 5.87. The highest BCUT2D eigenvalue weighted by Crippen LogP contribution is 2.20. The minimum absolute atomic E-state index is 0.0270. The number of ether oxygens (including phenoxy) is 1. The Balaban J connectivity index is 1.56. The molecule has 0 saturated carbocycles. The van der Waals surface area contributed by atoms with Crippen molar-refractivity contribution in [2.24, 2.45) is 0 Å². The minimum atomic E-state index is -0.261. The van der Waals surface area contributed by atoms with Crippen LogP contribution in [0.3, 0.4) is 0 Å². The van der Waals surface area contributed by atoms with Gasteiger partial charge in [-0.1, -0.05) is 44.2 Å². The van der Waals surface area contributed by atoms with E-state index in [9.17, 15) is 9.59 Å². The number of hydrogen-bond acceptors (Lipinski definition) is 5. The predicted octanol–water partition coefficient (Wildman–Crippen LogP) is 3.57. The van der Waals surface area contributed by atoms with Crippen LogP contribution in [0, 0.1) is 0 Å². The fraction of sp³-hybridized carbons (Fsp3) is 0.346. The van der Waals surface area contributed by atoms with Crippen LogP contribution in [0.15, 0.2) is 59.4 Å². The lowest BCUT2D eigenvalue weighted by Crippen LogP contribution is -2.40. The number of aromatic nitrogens is 2. The summed E-state index contributed by atoms with van der Waals surface area (Å²) in [6.07, 6.45) is 0.732. The molecule has 2 aromatic carbocycles. The average molecular weight is 447 g/mol.